The Kier molecular flexibility index (Phi) is 3.38. The maximum atomic E-state index is 12.5. The number of carbonyl (C=O) groups excluding carboxylic acids is 2. The summed E-state index contributed by atoms with van der Waals surface area (Å²) in [6.07, 6.45) is 0.506. The Morgan fingerprint density at radius 2 is 2.30 bits per heavy atom. The number of amides is 2. The Hall–Kier alpha value is -1.27. The Morgan fingerprint density at radius 3 is 2.95 bits per heavy atom. The van der Waals surface area contributed by atoms with Gasteiger partial charge in [0.2, 0.25) is 0 Å². The molecule has 108 valence electrons. The number of nitrogens with zero attached hydrogens (tertiary/aromatic N) is 2. The minimum Gasteiger partial charge on any atom is -0.447 e. The fourth-order valence-electron chi connectivity index (χ4n) is 2.82. The van der Waals surface area contributed by atoms with Crippen molar-refractivity contribution in [3.8, 4) is 0 Å². The number of piperazine rings is 1. The molecule has 0 N–H and O–H groups in total. The van der Waals surface area contributed by atoms with E-state index < -0.39 is 0 Å². The number of ether oxygens (including phenoxy) is 1. The molecule has 1 unspecified atom stereocenters. The standard InChI is InChI=1S/C13H15ClN2O3S/c1-2-13-7-15(5-6-16(13)12(18)19-8-13)11(17)9-3-4-10(14)20-9/h3-4H,2,5-8H2,1H3. The van der Waals surface area contributed by atoms with E-state index in [-0.39, 0.29) is 17.5 Å². The molecule has 1 aromatic rings. The Morgan fingerprint density at radius 1 is 1.50 bits per heavy atom. The fraction of sp³-hybridized carbons (Fsp3) is 0.538. The molecule has 3 heterocycles. The Balaban J connectivity index is 1.80. The highest BCUT2D eigenvalue weighted by atomic mass is 35.5. The molecule has 0 bridgehead atoms. The third kappa shape index (κ3) is 2.07. The van der Waals surface area contributed by atoms with E-state index in [1.165, 1.54) is 11.3 Å². The van der Waals surface area contributed by atoms with Crippen molar-refractivity contribution in [3.05, 3.63) is 21.3 Å². The number of fused-ring (bicyclic) bond motifs is 1. The van der Waals surface area contributed by atoms with E-state index in [0.717, 1.165) is 6.42 Å². The zero-order chi connectivity index (χ0) is 14.3. The van der Waals surface area contributed by atoms with Crippen LogP contribution in [-0.2, 0) is 4.74 Å². The predicted molar refractivity (Wildman–Crippen MR) is 76.3 cm³/mol. The van der Waals surface area contributed by atoms with Gasteiger partial charge in [-0.1, -0.05) is 18.5 Å². The van der Waals surface area contributed by atoms with E-state index in [1.807, 2.05) is 6.92 Å². The summed E-state index contributed by atoms with van der Waals surface area (Å²) in [4.78, 5) is 28.4. The highest BCUT2D eigenvalue weighted by molar-refractivity contribution is 7.17. The van der Waals surface area contributed by atoms with Crippen molar-refractivity contribution in [2.24, 2.45) is 0 Å². The van der Waals surface area contributed by atoms with Gasteiger partial charge in [-0.3, -0.25) is 9.69 Å². The van der Waals surface area contributed by atoms with E-state index in [2.05, 4.69) is 0 Å². The summed E-state index contributed by atoms with van der Waals surface area (Å²) in [5, 5.41) is 0. The van der Waals surface area contributed by atoms with Gasteiger partial charge in [0, 0.05) is 19.6 Å². The summed E-state index contributed by atoms with van der Waals surface area (Å²) >= 11 is 7.17. The predicted octanol–water partition coefficient (Wildman–Crippen LogP) is 2.46. The topological polar surface area (TPSA) is 49.9 Å². The Labute approximate surface area is 126 Å². The van der Waals surface area contributed by atoms with Crippen LogP contribution in [0, 0.1) is 0 Å². The van der Waals surface area contributed by atoms with Crippen LogP contribution in [0.5, 0.6) is 0 Å². The van der Waals surface area contributed by atoms with Crippen molar-refractivity contribution in [2.45, 2.75) is 18.9 Å². The van der Waals surface area contributed by atoms with Gasteiger partial charge in [-0.25, -0.2) is 4.79 Å². The molecule has 2 fully saturated rings. The van der Waals surface area contributed by atoms with Crippen LogP contribution in [0.4, 0.5) is 4.79 Å². The van der Waals surface area contributed by atoms with Gasteiger partial charge in [-0.15, -0.1) is 11.3 Å². The van der Waals surface area contributed by atoms with Crippen LogP contribution in [0.25, 0.3) is 0 Å². The molecule has 0 saturated carbocycles. The van der Waals surface area contributed by atoms with Crippen LogP contribution in [0.2, 0.25) is 4.34 Å². The second-order valence-electron chi connectivity index (χ2n) is 5.11. The molecule has 20 heavy (non-hydrogen) atoms. The molecule has 7 heteroatoms. The number of hydrogen-bond acceptors (Lipinski definition) is 4. The van der Waals surface area contributed by atoms with Crippen molar-refractivity contribution in [3.63, 3.8) is 0 Å². The van der Waals surface area contributed by atoms with Gasteiger partial charge >= 0.3 is 6.09 Å². The zero-order valence-electron chi connectivity index (χ0n) is 11.1. The van der Waals surface area contributed by atoms with Crippen LogP contribution >= 0.6 is 22.9 Å². The molecule has 2 aliphatic rings. The highest BCUT2D eigenvalue weighted by Gasteiger charge is 2.50. The smallest absolute Gasteiger partial charge is 0.410 e. The third-order valence-electron chi connectivity index (χ3n) is 4.07. The van der Waals surface area contributed by atoms with Crippen molar-refractivity contribution in [2.75, 3.05) is 26.2 Å². The van der Waals surface area contributed by atoms with Crippen molar-refractivity contribution < 1.29 is 14.3 Å². The lowest BCUT2D eigenvalue weighted by Gasteiger charge is -2.44. The van der Waals surface area contributed by atoms with Crippen molar-refractivity contribution >= 4 is 34.9 Å². The van der Waals surface area contributed by atoms with E-state index in [1.54, 1.807) is 21.9 Å². The first-order valence-electron chi connectivity index (χ1n) is 6.55. The van der Waals surface area contributed by atoms with Gasteiger partial charge < -0.3 is 9.64 Å². The Bertz CT molecular complexity index is 562. The third-order valence-corrected chi connectivity index (χ3v) is 5.28. The maximum absolute atomic E-state index is 12.5. The first-order chi connectivity index (χ1) is 9.55. The second kappa shape index (κ2) is 4.93. The average molecular weight is 315 g/mol. The minimum atomic E-state index is -0.369. The largest absolute Gasteiger partial charge is 0.447 e. The fourth-order valence-corrected chi connectivity index (χ4v) is 3.83. The van der Waals surface area contributed by atoms with E-state index in [9.17, 15) is 9.59 Å². The normalized spacial score (nSPS) is 25.6. The van der Waals surface area contributed by atoms with Crippen molar-refractivity contribution in [1.29, 1.82) is 0 Å². The number of carbonyl (C=O) groups is 2. The van der Waals surface area contributed by atoms with Gasteiger partial charge in [0.05, 0.1) is 14.8 Å². The van der Waals surface area contributed by atoms with Gasteiger partial charge in [-0.05, 0) is 18.6 Å². The van der Waals surface area contributed by atoms with Crippen LogP contribution < -0.4 is 0 Å². The molecule has 2 saturated heterocycles. The van der Waals surface area contributed by atoms with Crippen molar-refractivity contribution in [1.82, 2.24) is 9.80 Å². The lowest BCUT2D eigenvalue weighted by molar-refractivity contribution is 0.0365. The summed E-state index contributed by atoms with van der Waals surface area (Å²) in [5.41, 5.74) is -0.369. The summed E-state index contributed by atoms with van der Waals surface area (Å²) in [6.45, 7) is 3.95. The lowest BCUT2D eigenvalue weighted by atomic mass is 9.93. The van der Waals surface area contributed by atoms with Crippen LogP contribution in [-0.4, -0.2) is 53.6 Å². The molecule has 0 spiro atoms. The maximum Gasteiger partial charge on any atom is 0.410 e. The SMILES string of the molecule is CCC12COC(=O)N1CCN(C(=O)c1ccc(Cl)s1)C2. The van der Waals surface area contributed by atoms with Gasteiger partial charge in [-0.2, -0.15) is 0 Å². The molecule has 1 aromatic heterocycles. The van der Waals surface area contributed by atoms with Gasteiger partial charge in [0.15, 0.2) is 0 Å². The molecule has 0 aromatic carbocycles. The van der Waals surface area contributed by atoms with Gasteiger partial charge in [0.25, 0.3) is 5.91 Å². The molecule has 2 amide bonds. The molecule has 5 nitrogen and oxygen atoms in total. The molecule has 3 rings (SSSR count). The minimum absolute atomic E-state index is 0.0197. The average Bonchev–Trinajstić information content (AvgIpc) is 3.03. The van der Waals surface area contributed by atoms with Crippen LogP contribution in [0.1, 0.15) is 23.0 Å². The van der Waals surface area contributed by atoms with E-state index in [4.69, 9.17) is 16.3 Å². The summed E-state index contributed by atoms with van der Waals surface area (Å²) in [5.74, 6) is -0.0197. The highest BCUT2D eigenvalue weighted by Crippen LogP contribution is 2.33. The molecule has 0 aliphatic carbocycles. The van der Waals surface area contributed by atoms with Crippen LogP contribution in [0.3, 0.4) is 0 Å². The molecule has 2 aliphatic heterocycles. The first kappa shape index (κ1) is 13.7. The number of hydrogen-bond donors (Lipinski definition) is 0. The summed E-state index contributed by atoms with van der Waals surface area (Å²) in [7, 11) is 0. The quantitative estimate of drug-likeness (QED) is 0.842. The number of rotatable bonds is 2. The summed E-state index contributed by atoms with van der Waals surface area (Å²) in [6, 6.07) is 3.48. The zero-order valence-corrected chi connectivity index (χ0v) is 12.7. The molecular formula is C13H15ClN2O3S. The second-order valence-corrected chi connectivity index (χ2v) is 6.83. The number of cyclic esters (lactones) is 1. The monoisotopic (exact) mass is 314 g/mol. The summed E-state index contributed by atoms with van der Waals surface area (Å²) < 4.78 is 5.77. The first-order valence-corrected chi connectivity index (χ1v) is 7.74. The molecule has 1 atom stereocenters. The number of thiophene rings is 1. The van der Waals surface area contributed by atoms with Gasteiger partial charge in [0.1, 0.15) is 6.61 Å². The molecule has 0 radical (unpaired) electrons. The lowest BCUT2D eigenvalue weighted by Crippen LogP contribution is -2.62. The molecular weight excluding hydrogens is 300 g/mol. The van der Waals surface area contributed by atoms with Crippen LogP contribution in [0.15, 0.2) is 12.1 Å². The van der Waals surface area contributed by atoms with E-state index >= 15 is 0 Å². The number of halogens is 1. The van der Waals surface area contributed by atoms with E-state index in [0.29, 0.717) is 35.5 Å².